The van der Waals surface area contributed by atoms with Crippen molar-refractivity contribution in [2.24, 2.45) is 11.8 Å². The molecule has 2 N–H and O–H groups in total. The van der Waals surface area contributed by atoms with Crippen LogP contribution >= 0.6 is 11.6 Å². The maximum atomic E-state index is 15.1. The van der Waals surface area contributed by atoms with Gasteiger partial charge in [-0.15, -0.1) is 13.2 Å². The number of nitrogens with one attached hydrogen (secondary N) is 1. The van der Waals surface area contributed by atoms with Gasteiger partial charge in [-0.3, -0.25) is 19.2 Å². The summed E-state index contributed by atoms with van der Waals surface area (Å²) in [5, 5.41) is 14.2. The maximum absolute atomic E-state index is 15.1. The lowest BCUT2D eigenvalue weighted by Gasteiger charge is -2.39. The maximum Gasteiger partial charge on any atom is 0.313 e. The van der Waals surface area contributed by atoms with Crippen LogP contribution in [0.25, 0.3) is 0 Å². The molecule has 54 heavy (non-hydrogen) atoms. The Labute approximate surface area is 320 Å². The van der Waals surface area contributed by atoms with E-state index in [9.17, 15) is 14.7 Å². The van der Waals surface area contributed by atoms with Crippen molar-refractivity contribution < 1.29 is 38.5 Å². The molecule has 284 valence electrons. The standard InChI is InChI=1S/C42H46ClN3O8/c1-4-6-21-34(48)44-30(26-52-3)37(28-17-11-8-12-18-28)53-41(51)35-33-22-23-42(54-33)36(35)39(49)46(32(25-47)27-15-9-7-10-16-27)38(42)40(50)45(24-5-2)31-20-14-13-19-29(31)43/h4-5,7-20,30,32-33,35-38,47H,1-2,6,21-26H2,3H3,(H,44,48)/t30-,32-,33-,35+,36+,37-,38-,42+/m1/s1. The number of fused-ring (bicyclic) bond motifs is 1. The number of amides is 3. The number of nitrogens with zero attached hydrogens (tertiary/aromatic N) is 2. The minimum absolute atomic E-state index is 0.0321. The number of para-hydroxylation sites is 1. The molecule has 3 aliphatic rings. The Morgan fingerprint density at radius 3 is 2.33 bits per heavy atom. The molecule has 12 heteroatoms. The number of halogens is 1. The summed E-state index contributed by atoms with van der Waals surface area (Å²) in [5.74, 6) is -4.13. The van der Waals surface area contributed by atoms with E-state index in [1.54, 1.807) is 84.9 Å². The van der Waals surface area contributed by atoms with Gasteiger partial charge in [0, 0.05) is 20.1 Å². The molecule has 1 spiro atoms. The van der Waals surface area contributed by atoms with E-state index >= 15 is 9.59 Å². The van der Waals surface area contributed by atoms with Crippen LogP contribution in [-0.2, 0) is 33.4 Å². The van der Waals surface area contributed by atoms with Gasteiger partial charge in [0.25, 0.3) is 5.91 Å². The molecule has 0 unspecified atom stereocenters. The van der Waals surface area contributed by atoms with Gasteiger partial charge in [-0.25, -0.2) is 0 Å². The van der Waals surface area contributed by atoms with Crippen LogP contribution < -0.4 is 10.2 Å². The summed E-state index contributed by atoms with van der Waals surface area (Å²) < 4.78 is 18.5. The lowest BCUT2D eigenvalue weighted by atomic mass is 9.70. The molecule has 6 rings (SSSR count). The molecule has 3 amide bonds. The van der Waals surface area contributed by atoms with E-state index < -0.39 is 72.2 Å². The SMILES string of the molecule is C=CCCC(=O)N[C@H](COC)[C@H](OC(=O)[C@@H]1[C@H]2C(=O)N([C@H](CO)c3ccccc3)[C@H](C(=O)N(CC=C)c3ccccc3Cl)[C@]23CC[C@H]1O3)c1ccccc1. The topological polar surface area (TPSA) is 135 Å². The number of hydrogen-bond donors (Lipinski definition) is 2. The van der Waals surface area contributed by atoms with E-state index in [2.05, 4.69) is 18.5 Å². The average Bonchev–Trinajstić information content (AvgIpc) is 3.84. The van der Waals surface area contributed by atoms with Crippen molar-refractivity contribution in [1.29, 1.82) is 0 Å². The highest BCUT2D eigenvalue weighted by Crippen LogP contribution is 2.60. The van der Waals surface area contributed by atoms with Gasteiger partial charge < -0.3 is 34.4 Å². The fourth-order valence-corrected chi connectivity index (χ4v) is 8.62. The van der Waals surface area contributed by atoms with Gasteiger partial charge in [0.1, 0.15) is 17.7 Å². The molecule has 8 atom stereocenters. The van der Waals surface area contributed by atoms with E-state index in [0.717, 1.165) is 0 Å². The normalized spacial score (nSPS) is 24.3. The highest BCUT2D eigenvalue weighted by molar-refractivity contribution is 6.34. The number of allylic oxidation sites excluding steroid dienone is 1. The van der Waals surface area contributed by atoms with Gasteiger partial charge in [0.05, 0.1) is 53.9 Å². The largest absolute Gasteiger partial charge is 0.455 e. The fourth-order valence-electron chi connectivity index (χ4n) is 8.38. The lowest BCUT2D eigenvalue weighted by Crippen LogP contribution is -2.57. The van der Waals surface area contributed by atoms with Gasteiger partial charge >= 0.3 is 5.97 Å². The monoisotopic (exact) mass is 755 g/mol. The van der Waals surface area contributed by atoms with Crippen LogP contribution in [0.2, 0.25) is 5.02 Å². The number of rotatable bonds is 17. The van der Waals surface area contributed by atoms with Crippen LogP contribution in [0.15, 0.2) is 110 Å². The van der Waals surface area contributed by atoms with Crippen molar-refractivity contribution in [3.05, 3.63) is 126 Å². The molecule has 0 saturated carbocycles. The predicted octanol–water partition coefficient (Wildman–Crippen LogP) is 5.35. The minimum Gasteiger partial charge on any atom is -0.455 e. The number of likely N-dealkylation sites (tertiary alicyclic amines) is 1. The fraction of sp³-hybridized carbons (Fsp3) is 0.381. The first-order valence-electron chi connectivity index (χ1n) is 18.2. The smallest absolute Gasteiger partial charge is 0.313 e. The van der Waals surface area contributed by atoms with Crippen molar-refractivity contribution >= 4 is 41.0 Å². The Morgan fingerprint density at radius 1 is 1.04 bits per heavy atom. The zero-order valence-corrected chi connectivity index (χ0v) is 31.0. The number of methoxy groups -OCH3 is 1. The molecule has 3 aromatic rings. The highest BCUT2D eigenvalue weighted by Gasteiger charge is 2.76. The van der Waals surface area contributed by atoms with Crippen LogP contribution in [0.4, 0.5) is 5.69 Å². The Hall–Kier alpha value is -4.81. The third-order valence-corrected chi connectivity index (χ3v) is 11.0. The van der Waals surface area contributed by atoms with Crippen LogP contribution in [-0.4, -0.2) is 84.4 Å². The first kappa shape index (κ1) is 38.9. The number of carbonyl (C=O) groups is 4. The van der Waals surface area contributed by atoms with Crippen LogP contribution in [0.3, 0.4) is 0 Å². The lowest BCUT2D eigenvalue weighted by molar-refractivity contribution is -0.163. The molecule has 3 heterocycles. The minimum atomic E-state index is -1.42. The van der Waals surface area contributed by atoms with Crippen molar-refractivity contribution in [3.63, 3.8) is 0 Å². The number of carbonyl (C=O) groups excluding carboxylic acids is 4. The van der Waals surface area contributed by atoms with E-state index in [1.807, 2.05) is 12.1 Å². The summed E-state index contributed by atoms with van der Waals surface area (Å²) in [6.07, 6.45) is 2.87. The van der Waals surface area contributed by atoms with E-state index in [1.165, 1.54) is 16.9 Å². The highest BCUT2D eigenvalue weighted by atomic mass is 35.5. The molecule has 11 nitrogen and oxygen atoms in total. The molecule has 0 aliphatic carbocycles. The van der Waals surface area contributed by atoms with Crippen LogP contribution in [0.1, 0.15) is 49.0 Å². The van der Waals surface area contributed by atoms with Crippen molar-refractivity contribution in [2.75, 3.05) is 31.8 Å². The van der Waals surface area contributed by atoms with Gasteiger partial charge in [-0.1, -0.05) is 96.5 Å². The molecule has 2 bridgehead atoms. The van der Waals surface area contributed by atoms with E-state index in [4.69, 9.17) is 25.8 Å². The summed E-state index contributed by atoms with van der Waals surface area (Å²) in [6, 6.07) is 22.0. The second-order valence-corrected chi connectivity index (χ2v) is 14.2. The zero-order valence-electron chi connectivity index (χ0n) is 30.2. The Kier molecular flexibility index (Phi) is 12.3. The molecule has 3 aromatic carbocycles. The molecule has 0 aromatic heterocycles. The van der Waals surface area contributed by atoms with Crippen molar-refractivity contribution in [1.82, 2.24) is 10.2 Å². The Bertz CT molecular complexity index is 1840. The third kappa shape index (κ3) is 7.33. The molecule has 0 radical (unpaired) electrons. The summed E-state index contributed by atoms with van der Waals surface area (Å²) in [6.45, 7) is 7.18. The number of aliphatic hydroxyl groups is 1. The first-order valence-corrected chi connectivity index (χ1v) is 18.6. The molecular formula is C42H46ClN3O8. The number of benzene rings is 3. The Morgan fingerprint density at radius 2 is 1.70 bits per heavy atom. The van der Waals surface area contributed by atoms with Gasteiger partial charge in [0.2, 0.25) is 11.8 Å². The van der Waals surface area contributed by atoms with Crippen LogP contribution in [0, 0.1) is 11.8 Å². The number of aliphatic hydroxyl groups excluding tert-OH is 1. The van der Waals surface area contributed by atoms with Crippen LogP contribution in [0.5, 0.6) is 0 Å². The Balaban J connectivity index is 1.41. The molecule has 3 fully saturated rings. The second-order valence-electron chi connectivity index (χ2n) is 13.8. The summed E-state index contributed by atoms with van der Waals surface area (Å²) in [5.41, 5.74) is 0.235. The van der Waals surface area contributed by atoms with Crippen molar-refractivity contribution in [3.8, 4) is 0 Å². The molecular weight excluding hydrogens is 710 g/mol. The van der Waals surface area contributed by atoms with Crippen molar-refractivity contribution in [2.45, 2.75) is 61.6 Å². The quantitative estimate of drug-likeness (QED) is 0.139. The summed E-state index contributed by atoms with van der Waals surface area (Å²) >= 11 is 6.63. The van der Waals surface area contributed by atoms with Gasteiger partial charge in [0.15, 0.2) is 0 Å². The van der Waals surface area contributed by atoms with Gasteiger partial charge in [-0.05, 0) is 42.5 Å². The van der Waals surface area contributed by atoms with Gasteiger partial charge in [-0.2, -0.15) is 0 Å². The first-order chi connectivity index (χ1) is 26.2. The molecule has 3 saturated heterocycles. The number of anilines is 1. The predicted molar refractivity (Wildman–Crippen MR) is 203 cm³/mol. The van der Waals surface area contributed by atoms with E-state index in [-0.39, 0.29) is 25.5 Å². The second kappa shape index (κ2) is 17.1. The summed E-state index contributed by atoms with van der Waals surface area (Å²) in [4.78, 5) is 60.6. The molecule has 3 aliphatic heterocycles. The summed E-state index contributed by atoms with van der Waals surface area (Å²) in [7, 11) is 1.49. The average molecular weight is 756 g/mol. The third-order valence-electron chi connectivity index (χ3n) is 10.7. The number of hydrogen-bond acceptors (Lipinski definition) is 8. The number of esters is 1. The zero-order chi connectivity index (χ0) is 38.4. The number of ether oxygens (including phenoxy) is 3. The van der Waals surface area contributed by atoms with E-state index in [0.29, 0.717) is 41.1 Å².